The van der Waals surface area contributed by atoms with Crippen LogP contribution in [0.2, 0.25) is 5.02 Å². The minimum absolute atomic E-state index is 0.327. The second-order valence-corrected chi connectivity index (χ2v) is 8.17. The zero-order chi connectivity index (χ0) is 20.9. The van der Waals surface area contributed by atoms with Crippen molar-refractivity contribution in [1.82, 2.24) is 14.8 Å². The van der Waals surface area contributed by atoms with Crippen LogP contribution in [0.4, 0.5) is 4.39 Å². The van der Waals surface area contributed by atoms with Gasteiger partial charge in [0.25, 0.3) is 0 Å². The minimum Gasteiger partial charge on any atom is -0.388 e. The highest BCUT2D eigenvalue weighted by Gasteiger charge is 2.17. The van der Waals surface area contributed by atoms with E-state index in [9.17, 15) is 9.50 Å². The van der Waals surface area contributed by atoms with E-state index in [4.69, 9.17) is 11.6 Å². The van der Waals surface area contributed by atoms with E-state index in [0.29, 0.717) is 27.9 Å². The molecule has 0 aliphatic carbocycles. The van der Waals surface area contributed by atoms with Gasteiger partial charge >= 0.3 is 0 Å². The van der Waals surface area contributed by atoms with Crippen molar-refractivity contribution in [2.45, 2.75) is 17.7 Å². The van der Waals surface area contributed by atoms with Crippen molar-refractivity contribution in [3.63, 3.8) is 0 Å². The van der Waals surface area contributed by atoms with Crippen molar-refractivity contribution < 1.29 is 9.50 Å². The molecule has 7 heteroatoms. The van der Waals surface area contributed by atoms with Crippen molar-refractivity contribution in [2.24, 2.45) is 0 Å². The summed E-state index contributed by atoms with van der Waals surface area (Å²) in [5, 5.41) is 20.6. The third-order valence-corrected chi connectivity index (χ3v) is 5.87. The molecule has 0 amide bonds. The Morgan fingerprint density at radius 1 is 0.933 bits per heavy atom. The number of halogens is 2. The van der Waals surface area contributed by atoms with E-state index >= 15 is 0 Å². The van der Waals surface area contributed by atoms with Gasteiger partial charge in [0, 0.05) is 22.9 Å². The summed E-state index contributed by atoms with van der Waals surface area (Å²) in [6, 6.07) is 23.4. The molecule has 1 heterocycles. The first kappa shape index (κ1) is 20.6. The van der Waals surface area contributed by atoms with E-state index in [1.807, 2.05) is 59.2 Å². The predicted molar refractivity (Wildman–Crippen MR) is 118 cm³/mol. The molecular weight excluding hydrogens is 421 g/mol. The Hall–Kier alpha value is -2.67. The topological polar surface area (TPSA) is 50.9 Å². The summed E-state index contributed by atoms with van der Waals surface area (Å²) in [5.74, 6) is 0.830. The molecule has 30 heavy (non-hydrogen) atoms. The third-order valence-electron chi connectivity index (χ3n) is 4.62. The summed E-state index contributed by atoms with van der Waals surface area (Å²) in [7, 11) is 0. The van der Waals surface area contributed by atoms with Gasteiger partial charge in [0.2, 0.25) is 0 Å². The molecule has 0 aliphatic heterocycles. The van der Waals surface area contributed by atoms with Crippen LogP contribution in [0, 0.1) is 5.82 Å². The van der Waals surface area contributed by atoms with E-state index in [1.54, 1.807) is 12.1 Å². The Morgan fingerprint density at radius 3 is 2.33 bits per heavy atom. The summed E-state index contributed by atoms with van der Waals surface area (Å²) in [6.07, 6.45) is -0.124. The van der Waals surface area contributed by atoms with Gasteiger partial charge in [-0.15, -0.1) is 10.2 Å². The molecule has 0 bridgehead atoms. The summed E-state index contributed by atoms with van der Waals surface area (Å²) < 4.78 is 15.1. The van der Waals surface area contributed by atoms with Crippen LogP contribution >= 0.6 is 23.4 Å². The summed E-state index contributed by atoms with van der Waals surface area (Å²) in [4.78, 5) is 0. The number of aliphatic hydroxyl groups is 1. The Labute approximate surface area is 183 Å². The molecule has 0 radical (unpaired) electrons. The quantitative estimate of drug-likeness (QED) is 0.387. The Morgan fingerprint density at radius 2 is 1.63 bits per heavy atom. The number of nitrogens with zero attached hydrogens (tertiary/aromatic N) is 3. The molecular formula is C23H19ClFN3OS. The maximum absolute atomic E-state index is 13.1. The van der Waals surface area contributed by atoms with Gasteiger partial charge in [0.1, 0.15) is 11.6 Å². The number of aromatic nitrogens is 3. The van der Waals surface area contributed by atoms with Crippen LogP contribution in [0.25, 0.3) is 5.69 Å². The molecule has 152 valence electrons. The monoisotopic (exact) mass is 439 g/mol. The molecule has 0 saturated heterocycles. The number of thioether (sulfide) groups is 1. The molecule has 1 aromatic heterocycles. The maximum atomic E-state index is 13.1. The van der Waals surface area contributed by atoms with Crippen molar-refractivity contribution in [3.8, 4) is 5.69 Å². The third kappa shape index (κ3) is 4.90. The van der Waals surface area contributed by atoms with Crippen LogP contribution in [-0.2, 0) is 6.42 Å². The number of hydrogen-bond acceptors (Lipinski definition) is 4. The molecule has 0 saturated carbocycles. The Bertz CT molecular complexity index is 1100. The fourth-order valence-electron chi connectivity index (χ4n) is 3.07. The zero-order valence-electron chi connectivity index (χ0n) is 16.0. The summed E-state index contributed by atoms with van der Waals surface area (Å²) >= 11 is 7.46. The van der Waals surface area contributed by atoms with E-state index in [1.165, 1.54) is 23.9 Å². The highest BCUT2D eigenvalue weighted by Crippen LogP contribution is 2.28. The van der Waals surface area contributed by atoms with E-state index in [2.05, 4.69) is 10.2 Å². The smallest absolute Gasteiger partial charge is 0.195 e. The highest BCUT2D eigenvalue weighted by molar-refractivity contribution is 7.99. The van der Waals surface area contributed by atoms with E-state index in [-0.39, 0.29) is 5.82 Å². The van der Waals surface area contributed by atoms with E-state index in [0.717, 1.165) is 17.1 Å². The predicted octanol–water partition coefficient (Wildman–Crippen LogP) is 5.48. The average Bonchev–Trinajstić information content (AvgIpc) is 3.16. The van der Waals surface area contributed by atoms with Crippen molar-refractivity contribution in [1.29, 1.82) is 0 Å². The van der Waals surface area contributed by atoms with Gasteiger partial charge in [-0.2, -0.15) is 0 Å². The largest absolute Gasteiger partial charge is 0.388 e. The number of rotatable bonds is 7. The molecule has 1 atom stereocenters. The van der Waals surface area contributed by atoms with Gasteiger partial charge in [0.05, 0.1) is 6.10 Å². The lowest BCUT2D eigenvalue weighted by Crippen LogP contribution is -2.06. The highest BCUT2D eigenvalue weighted by atomic mass is 35.5. The first-order valence-electron chi connectivity index (χ1n) is 9.40. The van der Waals surface area contributed by atoms with Gasteiger partial charge < -0.3 is 5.11 Å². The molecule has 1 N–H and O–H groups in total. The molecule has 0 unspecified atom stereocenters. The second kappa shape index (κ2) is 9.43. The van der Waals surface area contributed by atoms with Gasteiger partial charge in [0.15, 0.2) is 5.16 Å². The summed E-state index contributed by atoms with van der Waals surface area (Å²) in [6.45, 7) is 0. The zero-order valence-corrected chi connectivity index (χ0v) is 17.5. The molecule has 0 spiro atoms. The molecule has 4 rings (SSSR count). The van der Waals surface area contributed by atoms with Crippen LogP contribution < -0.4 is 0 Å². The fourth-order valence-corrected chi connectivity index (χ4v) is 4.13. The van der Waals surface area contributed by atoms with Crippen LogP contribution in [0.5, 0.6) is 0 Å². The number of benzene rings is 3. The van der Waals surface area contributed by atoms with E-state index < -0.39 is 6.10 Å². The number of aliphatic hydroxyl groups excluding tert-OH is 1. The van der Waals surface area contributed by atoms with Crippen LogP contribution in [0.3, 0.4) is 0 Å². The Kier molecular flexibility index (Phi) is 6.47. The van der Waals surface area contributed by atoms with Gasteiger partial charge in [-0.05, 0) is 47.5 Å². The Balaban J connectivity index is 1.60. The molecule has 0 fully saturated rings. The molecule has 4 aromatic rings. The fraction of sp³-hybridized carbons (Fsp3) is 0.130. The van der Waals surface area contributed by atoms with Crippen molar-refractivity contribution >= 4 is 23.4 Å². The van der Waals surface area contributed by atoms with Gasteiger partial charge in [-0.3, -0.25) is 4.57 Å². The molecule has 0 aliphatic rings. The minimum atomic E-state index is -0.747. The van der Waals surface area contributed by atoms with Crippen LogP contribution in [0.1, 0.15) is 23.1 Å². The van der Waals surface area contributed by atoms with Gasteiger partial charge in [-0.1, -0.05) is 65.8 Å². The lowest BCUT2D eigenvalue weighted by Gasteiger charge is -2.13. The lowest BCUT2D eigenvalue weighted by molar-refractivity contribution is 0.204. The second-order valence-electron chi connectivity index (χ2n) is 6.75. The first-order chi connectivity index (χ1) is 14.6. The van der Waals surface area contributed by atoms with Crippen molar-refractivity contribution in [2.75, 3.05) is 5.75 Å². The molecule has 3 aromatic carbocycles. The molecule has 4 nitrogen and oxygen atoms in total. The van der Waals surface area contributed by atoms with Gasteiger partial charge in [-0.25, -0.2) is 4.39 Å². The van der Waals surface area contributed by atoms with Crippen LogP contribution in [-0.4, -0.2) is 25.6 Å². The average molecular weight is 440 g/mol. The standard InChI is InChI=1S/C23H19ClFN3OS/c24-18-8-12-20(13-9-18)28-22(14-16-4-2-1-3-5-16)26-27-23(28)30-15-21(29)17-6-10-19(25)11-7-17/h1-13,21,29H,14-15H2/t21-/m0/s1. The number of hydrogen-bond donors (Lipinski definition) is 1. The normalized spacial score (nSPS) is 12.1. The SMILES string of the molecule is O[C@@H](CSc1nnc(Cc2ccccc2)n1-c1ccc(Cl)cc1)c1ccc(F)cc1. The maximum Gasteiger partial charge on any atom is 0.195 e. The van der Waals surface area contributed by atoms with Crippen molar-refractivity contribution in [3.05, 3.63) is 107 Å². The lowest BCUT2D eigenvalue weighted by atomic mass is 10.1. The first-order valence-corrected chi connectivity index (χ1v) is 10.8. The summed E-state index contributed by atoms with van der Waals surface area (Å²) in [5.41, 5.74) is 2.68. The van der Waals surface area contributed by atoms with Crippen LogP contribution in [0.15, 0.2) is 84.0 Å².